The fraction of sp³-hybridized carbons (Fsp3) is 0.464. The van der Waals surface area contributed by atoms with Gasteiger partial charge in [-0.1, -0.05) is 73.5 Å². The van der Waals surface area contributed by atoms with Crippen molar-refractivity contribution in [2.24, 2.45) is 17.8 Å². The van der Waals surface area contributed by atoms with Crippen molar-refractivity contribution in [3.05, 3.63) is 77.4 Å². The van der Waals surface area contributed by atoms with Crippen LogP contribution in [-0.2, 0) is 11.2 Å². The van der Waals surface area contributed by atoms with Gasteiger partial charge in [0.05, 0.1) is 5.54 Å². The van der Waals surface area contributed by atoms with E-state index in [1.807, 2.05) is 0 Å². The summed E-state index contributed by atoms with van der Waals surface area (Å²) in [6.45, 7) is 0.965. The number of hydrogen-bond acceptors (Lipinski definition) is 1. The van der Waals surface area contributed by atoms with Crippen molar-refractivity contribution in [2.45, 2.75) is 56.9 Å². The van der Waals surface area contributed by atoms with Gasteiger partial charge in [0.2, 0.25) is 0 Å². The Labute approximate surface area is 180 Å². The molecule has 0 spiro atoms. The first-order chi connectivity index (χ1) is 14.8. The summed E-state index contributed by atoms with van der Waals surface area (Å²) < 4.78 is 0. The van der Waals surface area contributed by atoms with E-state index < -0.39 is 0 Å². The molecular weight excluding hydrogens is 366 g/mol. The van der Waals surface area contributed by atoms with Crippen molar-refractivity contribution in [3.63, 3.8) is 0 Å². The van der Waals surface area contributed by atoms with E-state index in [-0.39, 0.29) is 5.54 Å². The Kier molecular flexibility index (Phi) is 4.37. The highest BCUT2D eigenvalue weighted by molar-refractivity contribution is 6.23. The highest BCUT2D eigenvalue weighted by atomic mass is 16.2. The van der Waals surface area contributed by atoms with Crippen LogP contribution >= 0.6 is 0 Å². The van der Waals surface area contributed by atoms with Gasteiger partial charge in [-0.15, -0.1) is 0 Å². The van der Waals surface area contributed by atoms with Crippen molar-refractivity contribution in [2.75, 3.05) is 6.54 Å². The molecule has 2 aromatic rings. The molecule has 2 heteroatoms. The van der Waals surface area contributed by atoms with Gasteiger partial charge in [0.15, 0.2) is 0 Å². The molecule has 3 fully saturated rings. The molecule has 0 bridgehead atoms. The van der Waals surface area contributed by atoms with E-state index >= 15 is 0 Å². The molecule has 2 saturated carbocycles. The Balaban J connectivity index is 1.55. The van der Waals surface area contributed by atoms with Crippen LogP contribution in [0, 0.1) is 17.8 Å². The lowest BCUT2D eigenvalue weighted by Crippen LogP contribution is -2.64. The maximum Gasteiger partial charge on any atom is 0.255 e. The summed E-state index contributed by atoms with van der Waals surface area (Å²) in [6.07, 6.45) is 9.96. The minimum Gasteiger partial charge on any atom is -0.328 e. The minimum atomic E-state index is -0.0969. The topological polar surface area (TPSA) is 20.3 Å². The maximum atomic E-state index is 14.0. The van der Waals surface area contributed by atoms with Crippen molar-refractivity contribution < 1.29 is 4.79 Å². The zero-order valence-corrected chi connectivity index (χ0v) is 17.7. The lowest BCUT2D eigenvalue weighted by atomic mass is 9.55. The van der Waals surface area contributed by atoms with E-state index in [9.17, 15) is 4.79 Å². The molecule has 0 aromatic heterocycles. The summed E-state index contributed by atoms with van der Waals surface area (Å²) >= 11 is 0. The minimum absolute atomic E-state index is 0.0969. The molecule has 0 N–H and O–H groups in total. The largest absolute Gasteiger partial charge is 0.328 e. The molecule has 2 aliphatic heterocycles. The lowest BCUT2D eigenvalue weighted by molar-refractivity contribution is -0.141. The number of fused-ring (bicyclic) bond motifs is 2. The zero-order valence-electron chi connectivity index (χ0n) is 17.7. The summed E-state index contributed by atoms with van der Waals surface area (Å²) in [5.41, 5.74) is 4.91. The number of benzene rings is 2. The third-order valence-electron chi connectivity index (χ3n) is 8.60. The molecule has 2 heterocycles. The van der Waals surface area contributed by atoms with Gasteiger partial charge in [0, 0.05) is 12.1 Å². The van der Waals surface area contributed by atoms with Crippen LogP contribution in [0.1, 0.15) is 56.1 Å². The first-order valence-electron chi connectivity index (χ1n) is 11.9. The van der Waals surface area contributed by atoms with E-state index in [1.54, 1.807) is 0 Å². The normalized spacial score (nSPS) is 32.7. The summed E-state index contributed by atoms with van der Waals surface area (Å²) in [6, 6.07) is 21.4. The first-order valence-corrected chi connectivity index (χ1v) is 11.9. The molecule has 4 unspecified atom stereocenters. The van der Waals surface area contributed by atoms with Crippen LogP contribution in [0.2, 0.25) is 0 Å². The summed E-state index contributed by atoms with van der Waals surface area (Å²) in [7, 11) is 0. The number of amides is 1. The summed E-state index contributed by atoms with van der Waals surface area (Å²) in [4.78, 5) is 16.4. The molecule has 2 aromatic carbocycles. The highest BCUT2D eigenvalue weighted by Crippen LogP contribution is 2.60. The Hall–Kier alpha value is -2.35. The van der Waals surface area contributed by atoms with E-state index in [1.165, 1.54) is 49.7 Å². The molecule has 6 rings (SSSR count). The van der Waals surface area contributed by atoms with Gasteiger partial charge in [-0.25, -0.2) is 0 Å². The van der Waals surface area contributed by atoms with E-state index in [0.29, 0.717) is 17.7 Å². The van der Waals surface area contributed by atoms with Crippen LogP contribution in [0.25, 0.3) is 5.57 Å². The molecule has 154 valence electrons. The Bertz CT molecular complexity index is 978. The average Bonchev–Trinajstić information content (AvgIpc) is 3.03. The quantitative estimate of drug-likeness (QED) is 0.633. The Morgan fingerprint density at radius 1 is 0.867 bits per heavy atom. The van der Waals surface area contributed by atoms with Crippen LogP contribution in [0.5, 0.6) is 0 Å². The number of nitrogens with zero attached hydrogens (tertiary/aromatic N) is 1. The predicted octanol–water partition coefficient (Wildman–Crippen LogP) is 5.88. The third kappa shape index (κ3) is 2.58. The zero-order chi connectivity index (χ0) is 20.1. The smallest absolute Gasteiger partial charge is 0.255 e. The molecule has 1 amide bonds. The second-order valence-electron chi connectivity index (χ2n) is 9.93. The molecule has 0 radical (unpaired) electrons. The van der Waals surface area contributed by atoms with Crippen LogP contribution in [0.3, 0.4) is 0 Å². The molecule has 2 nitrogen and oxygen atoms in total. The molecule has 30 heavy (non-hydrogen) atoms. The highest BCUT2D eigenvalue weighted by Gasteiger charge is 2.62. The van der Waals surface area contributed by atoms with Crippen LogP contribution in [-0.4, -0.2) is 22.9 Å². The van der Waals surface area contributed by atoms with Crippen LogP contribution < -0.4 is 0 Å². The van der Waals surface area contributed by atoms with Gasteiger partial charge in [0.1, 0.15) is 0 Å². The van der Waals surface area contributed by atoms with Gasteiger partial charge >= 0.3 is 0 Å². The van der Waals surface area contributed by atoms with Gasteiger partial charge in [-0.05, 0) is 73.0 Å². The second-order valence-corrected chi connectivity index (χ2v) is 9.93. The van der Waals surface area contributed by atoms with Gasteiger partial charge < -0.3 is 4.90 Å². The first kappa shape index (κ1) is 18.4. The fourth-order valence-electron chi connectivity index (χ4n) is 7.51. The maximum absolute atomic E-state index is 14.0. The van der Waals surface area contributed by atoms with E-state index in [2.05, 4.69) is 65.6 Å². The SMILES string of the molecule is O=C1C(c2ccccc2)=C2CCCC3C4CCCCC4CN1C23Cc1ccccc1. The fourth-order valence-corrected chi connectivity index (χ4v) is 7.51. The number of rotatable bonds is 3. The Morgan fingerprint density at radius 2 is 1.60 bits per heavy atom. The van der Waals surface area contributed by atoms with Crippen LogP contribution in [0.4, 0.5) is 0 Å². The number of hydrogen-bond donors (Lipinski definition) is 0. The molecule has 1 saturated heterocycles. The number of carbonyl (C=O) groups excluding carboxylic acids is 1. The van der Waals surface area contributed by atoms with Gasteiger partial charge in [0.25, 0.3) is 5.91 Å². The lowest BCUT2D eigenvalue weighted by Gasteiger charge is -2.59. The van der Waals surface area contributed by atoms with E-state index in [0.717, 1.165) is 36.4 Å². The van der Waals surface area contributed by atoms with E-state index in [4.69, 9.17) is 0 Å². The Morgan fingerprint density at radius 3 is 2.40 bits per heavy atom. The molecular formula is C28H31NO. The predicted molar refractivity (Wildman–Crippen MR) is 121 cm³/mol. The standard InChI is InChI=1S/C28H31NO/c30-27-26(21-12-5-2-6-13-21)25-17-9-16-24-23-15-8-7-14-22(23)19-29(27)28(24,25)18-20-10-3-1-4-11-20/h1-6,10-13,22-24H,7-9,14-19H2. The van der Waals surface area contributed by atoms with Crippen LogP contribution in [0.15, 0.2) is 66.2 Å². The van der Waals surface area contributed by atoms with Crippen molar-refractivity contribution in [1.29, 1.82) is 0 Å². The average molecular weight is 398 g/mol. The van der Waals surface area contributed by atoms with Crippen molar-refractivity contribution in [1.82, 2.24) is 4.90 Å². The van der Waals surface area contributed by atoms with Gasteiger partial charge in [-0.2, -0.15) is 0 Å². The molecule has 4 aliphatic rings. The molecule has 2 aliphatic carbocycles. The van der Waals surface area contributed by atoms with Crippen molar-refractivity contribution >= 4 is 11.5 Å². The summed E-state index contributed by atoms with van der Waals surface area (Å²) in [5.74, 6) is 2.41. The van der Waals surface area contributed by atoms with Gasteiger partial charge in [-0.3, -0.25) is 4.79 Å². The molecule has 4 atom stereocenters. The van der Waals surface area contributed by atoms with Crippen molar-refractivity contribution in [3.8, 4) is 0 Å². The summed E-state index contributed by atoms with van der Waals surface area (Å²) in [5, 5.41) is 0. The number of piperidine rings is 1. The second kappa shape index (κ2) is 7.11. The third-order valence-corrected chi connectivity index (χ3v) is 8.60. The number of carbonyl (C=O) groups is 1. The monoisotopic (exact) mass is 397 g/mol.